The Morgan fingerprint density at radius 3 is 2.12 bits per heavy atom. The van der Waals surface area contributed by atoms with Gasteiger partial charge in [-0.05, 0) is 26.3 Å². The van der Waals surface area contributed by atoms with Gasteiger partial charge in [-0.1, -0.05) is 20.8 Å². The lowest BCUT2D eigenvalue weighted by Gasteiger charge is -2.17. The number of esters is 1. The fourth-order valence-corrected chi connectivity index (χ4v) is 2.97. The maximum Gasteiger partial charge on any atom is 0.414 e. The maximum absolute atomic E-state index is 12.5. The van der Waals surface area contributed by atoms with Crippen LogP contribution < -0.4 is 10.6 Å². The molecule has 0 bridgehead atoms. The van der Waals surface area contributed by atoms with Gasteiger partial charge in [0.2, 0.25) is 5.91 Å². The molecular formula is C17H24N2O6S. The van der Waals surface area contributed by atoms with E-state index in [1.165, 1.54) is 0 Å². The van der Waals surface area contributed by atoms with Crippen LogP contribution in [0.2, 0.25) is 0 Å². The van der Waals surface area contributed by atoms with Gasteiger partial charge in [0.1, 0.15) is 9.88 Å². The Hall–Kier alpha value is -2.42. The highest BCUT2D eigenvalue weighted by atomic mass is 32.1. The van der Waals surface area contributed by atoms with Crippen molar-refractivity contribution in [3.63, 3.8) is 0 Å². The van der Waals surface area contributed by atoms with E-state index < -0.39 is 23.4 Å². The molecule has 2 N–H and O–H groups in total. The summed E-state index contributed by atoms with van der Waals surface area (Å²) in [5.74, 6) is -1.70. The molecule has 1 aromatic heterocycles. The monoisotopic (exact) mass is 384 g/mol. The molecule has 144 valence electrons. The van der Waals surface area contributed by atoms with Crippen LogP contribution in [0.3, 0.4) is 0 Å². The first-order valence-electron chi connectivity index (χ1n) is 8.12. The zero-order valence-corrected chi connectivity index (χ0v) is 16.6. The van der Waals surface area contributed by atoms with Gasteiger partial charge in [-0.15, -0.1) is 11.3 Å². The molecule has 0 spiro atoms. The molecule has 0 saturated heterocycles. The van der Waals surface area contributed by atoms with E-state index in [4.69, 9.17) is 9.47 Å². The number of carbonyl (C=O) groups is 4. The minimum Gasteiger partial charge on any atom is -0.462 e. The lowest BCUT2D eigenvalue weighted by Crippen LogP contribution is -2.33. The highest BCUT2D eigenvalue weighted by molar-refractivity contribution is 7.18. The molecule has 1 aromatic rings. The highest BCUT2D eigenvalue weighted by Gasteiger charge is 2.30. The number of hydrogen-bond acceptors (Lipinski definition) is 7. The van der Waals surface area contributed by atoms with E-state index in [9.17, 15) is 19.2 Å². The molecule has 0 unspecified atom stereocenters. The molecular weight excluding hydrogens is 360 g/mol. The summed E-state index contributed by atoms with van der Waals surface area (Å²) in [7, 11) is 0. The Morgan fingerprint density at radius 2 is 1.62 bits per heavy atom. The summed E-state index contributed by atoms with van der Waals surface area (Å²) in [6.07, 6.45) is -0.908. The first-order chi connectivity index (χ1) is 12.0. The molecule has 0 atom stereocenters. The number of carbonyl (C=O) groups excluding carboxylic acids is 4. The van der Waals surface area contributed by atoms with E-state index in [0.717, 1.165) is 11.3 Å². The first-order valence-corrected chi connectivity index (χ1v) is 8.94. The van der Waals surface area contributed by atoms with Crippen LogP contribution in [-0.2, 0) is 14.3 Å². The molecule has 9 heteroatoms. The molecule has 0 aromatic carbocycles. The molecule has 1 heterocycles. The maximum atomic E-state index is 12.5. The van der Waals surface area contributed by atoms with Crippen molar-refractivity contribution in [2.24, 2.45) is 5.41 Å². The van der Waals surface area contributed by atoms with Gasteiger partial charge < -0.3 is 14.8 Å². The second kappa shape index (κ2) is 8.79. The minimum atomic E-state index is -0.908. The second-order valence-electron chi connectivity index (χ2n) is 6.36. The van der Waals surface area contributed by atoms with Crippen LogP contribution in [0.15, 0.2) is 0 Å². The fourth-order valence-electron chi connectivity index (χ4n) is 1.88. The predicted octanol–water partition coefficient (Wildman–Crippen LogP) is 3.10. The van der Waals surface area contributed by atoms with E-state index in [0.29, 0.717) is 5.56 Å². The summed E-state index contributed by atoms with van der Waals surface area (Å²) >= 11 is 0.928. The number of thiophene rings is 1. The molecule has 0 saturated carbocycles. The SMILES string of the molecule is CCOC(=O)NC(=O)c1c(NC(=O)C(C)(C)C)sc(C(=O)OCC)c1C. The van der Waals surface area contributed by atoms with Gasteiger partial charge in [-0.2, -0.15) is 0 Å². The molecule has 0 fully saturated rings. The Bertz CT molecular complexity index is 718. The normalized spacial score (nSPS) is 10.8. The van der Waals surface area contributed by atoms with E-state index >= 15 is 0 Å². The van der Waals surface area contributed by atoms with Crippen molar-refractivity contribution in [3.05, 3.63) is 16.0 Å². The topological polar surface area (TPSA) is 111 Å². The zero-order chi connectivity index (χ0) is 20.1. The van der Waals surface area contributed by atoms with Crippen LogP contribution in [0.4, 0.5) is 9.80 Å². The largest absolute Gasteiger partial charge is 0.462 e. The number of amides is 3. The number of anilines is 1. The van der Waals surface area contributed by atoms with Crippen molar-refractivity contribution >= 4 is 40.2 Å². The van der Waals surface area contributed by atoms with Crippen LogP contribution in [0.1, 0.15) is 60.2 Å². The predicted molar refractivity (Wildman–Crippen MR) is 97.6 cm³/mol. The van der Waals surface area contributed by atoms with Gasteiger partial charge in [-0.25, -0.2) is 9.59 Å². The van der Waals surface area contributed by atoms with Crippen LogP contribution in [0, 0.1) is 12.3 Å². The van der Waals surface area contributed by atoms with Crippen molar-refractivity contribution in [2.75, 3.05) is 18.5 Å². The Morgan fingerprint density at radius 1 is 1.04 bits per heavy atom. The summed E-state index contributed by atoms with van der Waals surface area (Å²) in [5, 5.41) is 4.90. The van der Waals surface area contributed by atoms with Gasteiger partial charge in [-0.3, -0.25) is 14.9 Å². The number of imide groups is 1. The van der Waals surface area contributed by atoms with Crippen molar-refractivity contribution in [1.82, 2.24) is 5.32 Å². The van der Waals surface area contributed by atoms with E-state index in [-0.39, 0.29) is 34.6 Å². The van der Waals surface area contributed by atoms with Crippen LogP contribution >= 0.6 is 11.3 Å². The van der Waals surface area contributed by atoms with Gasteiger partial charge in [0.15, 0.2) is 0 Å². The summed E-state index contributed by atoms with van der Waals surface area (Å²) in [6, 6.07) is 0. The summed E-state index contributed by atoms with van der Waals surface area (Å²) < 4.78 is 9.68. The smallest absolute Gasteiger partial charge is 0.414 e. The van der Waals surface area contributed by atoms with Crippen molar-refractivity contribution in [3.8, 4) is 0 Å². The standard InChI is InChI=1S/C17H24N2O6S/c1-7-24-14(21)11-9(3)10(12(20)18-16(23)25-8-2)13(26-11)19-15(22)17(4,5)6/h7-8H2,1-6H3,(H,19,22)(H,18,20,23). The van der Waals surface area contributed by atoms with Gasteiger partial charge >= 0.3 is 12.1 Å². The first kappa shape index (κ1) is 21.6. The van der Waals surface area contributed by atoms with Gasteiger partial charge in [0.05, 0.1) is 18.8 Å². The molecule has 0 aliphatic heterocycles. The van der Waals surface area contributed by atoms with Crippen LogP contribution in [0.25, 0.3) is 0 Å². The molecule has 0 radical (unpaired) electrons. The Balaban J connectivity index is 3.30. The molecule has 0 aliphatic carbocycles. The third kappa shape index (κ3) is 5.29. The van der Waals surface area contributed by atoms with E-state index in [1.807, 2.05) is 0 Å². The summed E-state index contributed by atoms with van der Waals surface area (Å²) in [6.45, 7) is 10.2. The summed E-state index contributed by atoms with van der Waals surface area (Å²) in [5.41, 5.74) is -0.361. The van der Waals surface area contributed by atoms with Gasteiger partial charge in [0.25, 0.3) is 5.91 Å². The summed E-state index contributed by atoms with van der Waals surface area (Å²) in [4.78, 5) is 48.6. The molecule has 8 nitrogen and oxygen atoms in total. The number of hydrogen-bond donors (Lipinski definition) is 2. The van der Waals surface area contributed by atoms with Crippen LogP contribution in [0.5, 0.6) is 0 Å². The number of alkyl carbamates (subject to hydrolysis) is 1. The zero-order valence-electron chi connectivity index (χ0n) is 15.8. The third-order valence-corrected chi connectivity index (χ3v) is 4.42. The minimum absolute atomic E-state index is 0.0312. The molecule has 1 rings (SSSR count). The molecule has 3 amide bonds. The molecule has 26 heavy (non-hydrogen) atoms. The average molecular weight is 384 g/mol. The number of nitrogens with one attached hydrogen (secondary N) is 2. The number of ether oxygens (including phenoxy) is 2. The Kier molecular flexibility index (Phi) is 7.31. The quantitative estimate of drug-likeness (QED) is 0.755. The van der Waals surface area contributed by atoms with Gasteiger partial charge in [0, 0.05) is 5.41 Å². The average Bonchev–Trinajstić information content (AvgIpc) is 2.83. The van der Waals surface area contributed by atoms with Crippen molar-refractivity contribution in [2.45, 2.75) is 41.5 Å². The Labute approximate surface area is 156 Å². The highest BCUT2D eigenvalue weighted by Crippen LogP contribution is 2.34. The van der Waals surface area contributed by atoms with E-state index in [2.05, 4.69) is 10.6 Å². The third-order valence-electron chi connectivity index (χ3n) is 3.23. The lowest BCUT2D eigenvalue weighted by atomic mass is 9.96. The lowest BCUT2D eigenvalue weighted by molar-refractivity contribution is -0.123. The number of rotatable bonds is 5. The second-order valence-corrected chi connectivity index (χ2v) is 7.38. The van der Waals surface area contributed by atoms with Crippen LogP contribution in [-0.4, -0.2) is 37.1 Å². The fraction of sp³-hybridized carbons (Fsp3) is 0.529. The van der Waals surface area contributed by atoms with Crippen molar-refractivity contribution < 1.29 is 28.7 Å². The van der Waals surface area contributed by atoms with E-state index in [1.54, 1.807) is 41.5 Å². The molecule has 0 aliphatic rings. The van der Waals surface area contributed by atoms with Crippen molar-refractivity contribution in [1.29, 1.82) is 0 Å².